The van der Waals surface area contributed by atoms with Gasteiger partial charge in [0.05, 0.1) is 0 Å². The SMILES string of the molecule is O=C(OC(C(=O)Nc1ccc(F)cc1)c1ccccc1)c1ccc(N2CCCC2)nn1. The molecule has 2 heterocycles. The number of amides is 1. The molecule has 1 aromatic heterocycles. The van der Waals surface area contributed by atoms with Gasteiger partial charge in [-0.1, -0.05) is 30.3 Å². The fraction of sp³-hybridized carbons (Fsp3) is 0.217. The van der Waals surface area contributed by atoms with Crippen molar-refractivity contribution in [3.8, 4) is 0 Å². The number of esters is 1. The Hall–Kier alpha value is -3.81. The zero-order valence-corrected chi connectivity index (χ0v) is 16.7. The van der Waals surface area contributed by atoms with Crippen molar-refractivity contribution < 1.29 is 18.7 Å². The summed E-state index contributed by atoms with van der Waals surface area (Å²) in [7, 11) is 0. The normalized spacial score (nSPS) is 14.2. The van der Waals surface area contributed by atoms with Gasteiger partial charge in [0.2, 0.25) is 6.10 Å². The average Bonchev–Trinajstić information content (AvgIpc) is 3.34. The average molecular weight is 420 g/mol. The number of nitrogens with one attached hydrogen (secondary N) is 1. The van der Waals surface area contributed by atoms with Crippen molar-refractivity contribution in [2.75, 3.05) is 23.3 Å². The van der Waals surface area contributed by atoms with Gasteiger partial charge in [-0.2, -0.15) is 0 Å². The summed E-state index contributed by atoms with van der Waals surface area (Å²) in [5.41, 5.74) is 0.897. The van der Waals surface area contributed by atoms with Gasteiger partial charge in [0.1, 0.15) is 5.82 Å². The minimum Gasteiger partial charge on any atom is -0.442 e. The molecule has 8 heteroatoms. The van der Waals surface area contributed by atoms with Crippen LogP contribution in [0.5, 0.6) is 0 Å². The molecule has 1 amide bonds. The quantitative estimate of drug-likeness (QED) is 0.612. The van der Waals surface area contributed by atoms with Crippen molar-refractivity contribution >= 4 is 23.4 Å². The Morgan fingerprint density at radius 2 is 1.65 bits per heavy atom. The Bertz CT molecular complexity index is 1040. The van der Waals surface area contributed by atoms with E-state index in [0.717, 1.165) is 25.9 Å². The Morgan fingerprint density at radius 3 is 2.29 bits per heavy atom. The van der Waals surface area contributed by atoms with Crippen molar-refractivity contribution in [2.45, 2.75) is 18.9 Å². The molecular formula is C23H21FN4O3. The summed E-state index contributed by atoms with van der Waals surface area (Å²) >= 11 is 0. The maximum atomic E-state index is 13.1. The fourth-order valence-electron chi connectivity index (χ4n) is 3.36. The van der Waals surface area contributed by atoms with Crippen molar-refractivity contribution in [2.24, 2.45) is 0 Å². The Morgan fingerprint density at radius 1 is 0.935 bits per heavy atom. The second kappa shape index (κ2) is 9.34. The third kappa shape index (κ3) is 5.03. The molecule has 1 aliphatic heterocycles. The highest BCUT2D eigenvalue weighted by atomic mass is 19.1. The molecule has 1 unspecified atom stereocenters. The van der Waals surface area contributed by atoms with Crippen LogP contribution in [0.4, 0.5) is 15.9 Å². The van der Waals surface area contributed by atoms with Crippen molar-refractivity contribution in [1.82, 2.24) is 10.2 Å². The molecule has 2 aromatic carbocycles. The standard InChI is InChI=1S/C23H21FN4O3/c24-17-8-10-18(11-9-17)25-22(29)21(16-6-2-1-3-7-16)31-23(30)19-12-13-20(27-26-19)28-14-4-5-15-28/h1-3,6-13,21H,4-5,14-15H2,(H,25,29). The van der Waals surface area contributed by atoms with E-state index in [4.69, 9.17) is 4.74 Å². The van der Waals surface area contributed by atoms with Crippen molar-refractivity contribution in [3.05, 3.63) is 83.8 Å². The summed E-state index contributed by atoms with van der Waals surface area (Å²) in [4.78, 5) is 27.7. The van der Waals surface area contributed by atoms with Crippen molar-refractivity contribution in [1.29, 1.82) is 0 Å². The lowest BCUT2D eigenvalue weighted by molar-refractivity contribution is -0.125. The number of anilines is 2. The first kappa shape index (κ1) is 20.5. The molecule has 1 saturated heterocycles. The predicted octanol–water partition coefficient (Wildman–Crippen LogP) is 3.75. The molecule has 1 N–H and O–H groups in total. The van der Waals surface area contributed by atoms with Gasteiger partial charge in [-0.25, -0.2) is 9.18 Å². The van der Waals surface area contributed by atoms with Crippen LogP contribution in [0.15, 0.2) is 66.7 Å². The van der Waals surface area contributed by atoms with Gasteiger partial charge in [0, 0.05) is 24.3 Å². The molecule has 1 atom stereocenters. The second-order valence-electron chi connectivity index (χ2n) is 7.16. The number of hydrogen-bond donors (Lipinski definition) is 1. The first-order valence-corrected chi connectivity index (χ1v) is 10.0. The minimum atomic E-state index is -1.21. The number of carbonyl (C=O) groups is 2. The molecule has 7 nitrogen and oxygen atoms in total. The molecule has 158 valence electrons. The molecule has 31 heavy (non-hydrogen) atoms. The highest BCUT2D eigenvalue weighted by Gasteiger charge is 2.27. The Balaban J connectivity index is 1.50. The highest BCUT2D eigenvalue weighted by Crippen LogP contribution is 2.22. The molecular weight excluding hydrogens is 399 g/mol. The van der Waals surface area contributed by atoms with E-state index >= 15 is 0 Å². The smallest absolute Gasteiger partial charge is 0.359 e. The fourth-order valence-corrected chi connectivity index (χ4v) is 3.36. The van der Waals surface area contributed by atoms with Crippen LogP contribution in [-0.2, 0) is 9.53 Å². The number of carbonyl (C=O) groups excluding carboxylic acids is 2. The molecule has 0 saturated carbocycles. The summed E-state index contributed by atoms with van der Waals surface area (Å²) in [6.45, 7) is 1.83. The van der Waals surface area contributed by atoms with Crippen LogP contribution in [0.25, 0.3) is 0 Å². The molecule has 0 bridgehead atoms. The lowest BCUT2D eigenvalue weighted by atomic mass is 10.1. The van der Waals surface area contributed by atoms with Gasteiger partial charge in [0.25, 0.3) is 5.91 Å². The summed E-state index contributed by atoms with van der Waals surface area (Å²) in [6, 6.07) is 17.2. The largest absolute Gasteiger partial charge is 0.442 e. The molecule has 1 aliphatic rings. The van der Waals surface area contributed by atoms with Gasteiger partial charge < -0.3 is 15.0 Å². The second-order valence-corrected chi connectivity index (χ2v) is 7.16. The maximum Gasteiger partial charge on any atom is 0.359 e. The predicted molar refractivity (Wildman–Crippen MR) is 113 cm³/mol. The zero-order valence-electron chi connectivity index (χ0n) is 16.7. The first-order chi connectivity index (χ1) is 15.1. The van der Waals surface area contributed by atoms with Gasteiger partial charge in [-0.15, -0.1) is 10.2 Å². The van der Waals surface area contributed by atoms with Crippen LogP contribution in [0.3, 0.4) is 0 Å². The summed E-state index contributed by atoms with van der Waals surface area (Å²) < 4.78 is 18.6. The summed E-state index contributed by atoms with van der Waals surface area (Å²) in [5, 5.41) is 10.8. The van der Waals surface area contributed by atoms with E-state index in [9.17, 15) is 14.0 Å². The molecule has 0 aliphatic carbocycles. The number of halogens is 1. The molecule has 3 aromatic rings. The third-order valence-corrected chi connectivity index (χ3v) is 4.97. The number of rotatable bonds is 6. The van der Waals surface area contributed by atoms with Crippen LogP contribution in [-0.4, -0.2) is 35.2 Å². The van der Waals surface area contributed by atoms with Gasteiger partial charge in [-0.05, 0) is 49.2 Å². The van der Waals surface area contributed by atoms with Gasteiger partial charge in [-0.3, -0.25) is 4.79 Å². The van der Waals surface area contributed by atoms with Gasteiger partial charge >= 0.3 is 5.97 Å². The van der Waals surface area contributed by atoms with E-state index in [-0.39, 0.29) is 5.69 Å². The monoisotopic (exact) mass is 420 g/mol. The molecule has 1 fully saturated rings. The van der Waals surface area contributed by atoms with Gasteiger partial charge in [0.15, 0.2) is 11.5 Å². The maximum absolute atomic E-state index is 13.1. The van der Waals surface area contributed by atoms with Crippen LogP contribution < -0.4 is 10.2 Å². The van der Waals surface area contributed by atoms with E-state index in [0.29, 0.717) is 17.1 Å². The van der Waals surface area contributed by atoms with Crippen LogP contribution >= 0.6 is 0 Å². The summed E-state index contributed by atoms with van der Waals surface area (Å²) in [6.07, 6.45) is 1.000. The number of nitrogens with zero attached hydrogens (tertiary/aromatic N) is 3. The topological polar surface area (TPSA) is 84.4 Å². The number of hydrogen-bond acceptors (Lipinski definition) is 6. The van der Waals surface area contributed by atoms with Crippen LogP contribution in [0.2, 0.25) is 0 Å². The van der Waals surface area contributed by atoms with Crippen LogP contribution in [0, 0.1) is 5.82 Å². The van der Waals surface area contributed by atoms with E-state index in [1.54, 1.807) is 42.5 Å². The lowest BCUT2D eigenvalue weighted by Crippen LogP contribution is -2.26. The highest BCUT2D eigenvalue weighted by molar-refractivity contribution is 5.97. The Labute approximate surface area is 178 Å². The van der Waals surface area contributed by atoms with E-state index < -0.39 is 23.8 Å². The Kier molecular flexibility index (Phi) is 6.16. The van der Waals surface area contributed by atoms with E-state index in [1.807, 2.05) is 0 Å². The summed E-state index contributed by atoms with van der Waals surface area (Å²) in [5.74, 6) is -1.03. The zero-order chi connectivity index (χ0) is 21.6. The van der Waals surface area contributed by atoms with Crippen molar-refractivity contribution in [3.63, 3.8) is 0 Å². The third-order valence-electron chi connectivity index (χ3n) is 4.97. The number of ether oxygens (including phenoxy) is 1. The molecule has 4 rings (SSSR count). The first-order valence-electron chi connectivity index (χ1n) is 10.0. The van der Waals surface area contributed by atoms with Crippen LogP contribution in [0.1, 0.15) is 35.0 Å². The number of aromatic nitrogens is 2. The number of benzene rings is 2. The molecule has 0 radical (unpaired) electrons. The van der Waals surface area contributed by atoms with E-state index in [1.165, 1.54) is 24.3 Å². The minimum absolute atomic E-state index is 0.0125. The van der Waals surface area contributed by atoms with E-state index in [2.05, 4.69) is 20.4 Å². The lowest BCUT2D eigenvalue weighted by Gasteiger charge is -2.18. The molecule has 0 spiro atoms.